The molecule has 2 heterocycles. The molecule has 1 fully saturated rings. The highest BCUT2D eigenvalue weighted by Crippen LogP contribution is 2.15. The van der Waals surface area contributed by atoms with Crippen molar-refractivity contribution in [1.82, 2.24) is 10.2 Å². The minimum absolute atomic E-state index is 0.177. The van der Waals surface area contributed by atoms with Crippen LogP contribution in [0, 0.1) is 0 Å². The van der Waals surface area contributed by atoms with Crippen LogP contribution in [-0.2, 0) is 11.2 Å². The van der Waals surface area contributed by atoms with E-state index < -0.39 is 0 Å². The summed E-state index contributed by atoms with van der Waals surface area (Å²) in [7, 11) is 0. The van der Waals surface area contributed by atoms with E-state index in [2.05, 4.69) is 34.0 Å². The number of nitrogens with zero attached hydrogens (tertiary/aromatic N) is 1. The molecule has 1 unspecified atom stereocenters. The molecule has 106 valence electrons. The van der Waals surface area contributed by atoms with Crippen LogP contribution >= 0.6 is 11.3 Å². The van der Waals surface area contributed by atoms with Gasteiger partial charge in [-0.2, -0.15) is 11.3 Å². The first kappa shape index (κ1) is 14.5. The Balaban J connectivity index is 1.58. The SMILES string of the molecule is CC1CCCCN1CCNC(=O)CCc1ccsc1. The van der Waals surface area contributed by atoms with Gasteiger partial charge in [-0.1, -0.05) is 6.42 Å². The predicted octanol–water partition coefficient (Wildman–Crippen LogP) is 2.67. The summed E-state index contributed by atoms with van der Waals surface area (Å²) in [5.74, 6) is 0.177. The van der Waals surface area contributed by atoms with Crippen molar-refractivity contribution in [3.8, 4) is 0 Å². The van der Waals surface area contributed by atoms with E-state index in [1.54, 1.807) is 11.3 Å². The summed E-state index contributed by atoms with van der Waals surface area (Å²) in [5, 5.41) is 7.21. The summed E-state index contributed by atoms with van der Waals surface area (Å²) in [6.07, 6.45) is 5.41. The van der Waals surface area contributed by atoms with Crippen molar-refractivity contribution in [2.75, 3.05) is 19.6 Å². The maximum atomic E-state index is 11.7. The van der Waals surface area contributed by atoms with E-state index in [4.69, 9.17) is 0 Å². The standard InChI is InChI=1S/C15H24N2OS/c1-13-4-2-3-9-17(13)10-8-16-15(18)6-5-14-7-11-19-12-14/h7,11-13H,2-6,8-10H2,1H3,(H,16,18). The molecule has 1 saturated heterocycles. The fourth-order valence-corrected chi connectivity index (χ4v) is 3.31. The number of likely N-dealkylation sites (tertiary alicyclic amines) is 1. The van der Waals surface area contributed by atoms with Crippen LogP contribution in [0.15, 0.2) is 16.8 Å². The number of piperidine rings is 1. The summed E-state index contributed by atoms with van der Waals surface area (Å²) in [4.78, 5) is 14.2. The number of thiophene rings is 1. The summed E-state index contributed by atoms with van der Waals surface area (Å²) >= 11 is 1.69. The molecule has 4 heteroatoms. The van der Waals surface area contributed by atoms with Crippen molar-refractivity contribution < 1.29 is 4.79 Å². The number of aryl methyl sites for hydroxylation is 1. The summed E-state index contributed by atoms with van der Waals surface area (Å²) < 4.78 is 0. The highest BCUT2D eigenvalue weighted by atomic mass is 32.1. The fourth-order valence-electron chi connectivity index (χ4n) is 2.61. The molecule has 1 amide bonds. The van der Waals surface area contributed by atoms with Crippen LogP contribution in [0.25, 0.3) is 0 Å². The molecule has 1 aromatic heterocycles. The zero-order chi connectivity index (χ0) is 13.5. The molecule has 2 rings (SSSR count). The molecule has 0 radical (unpaired) electrons. The zero-order valence-electron chi connectivity index (χ0n) is 11.7. The summed E-state index contributed by atoms with van der Waals surface area (Å²) in [5.41, 5.74) is 1.27. The Labute approximate surface area is 120 Å². The Morgan fingerprint density at radius 2 is 2.42 bits per heavy atom. The average molecular weight is 280 g/mol. The van der Waals surface area contributed by atoms with E-state index in [0.717, 1.165) is 19.5 Å². The Kier molecular flexibility index (Phi) is 5.86. The second-order valence-corrected chi connectivity index (χ2v) is 6.14. The summed E-state index contributed by atoms with van der Waals surface area (Å²) in [6, 6.07) is 2.77. The first-order valence-corrected chi connectivity index (χ1v) is 8.22. The second-order valence-electron chi connectivity index (χ2n) is 5.36. The molecule has 1 aliphatic heterocycles. The molecule has 1 aromatic rings. The molecule has 0 aromatic carbocycles. The van der Waals surface area contributed by atoms with Crippen molar-refractivity contribution in [2.24, 2.45) is 0 Å². The third-order valence-electron chi connectivity index (χ3n) is 3.88. The number of rotatable bonds is 6. The molecule has 3 nitrogen and oxygen atoms in total. The van der Waals surface area contributed by atoms with Crippen LogP contribution < -0.4 is 5.32 Å². The van der Waals surface area contributed by atoms with E-state index in [9.17, 15) is 4.79 Å². The Morgan fingerprint density at radius 3 is 3.16 bits per heavy atom. The van der Waals surface area contributed by atoms with Crippen molar-refractivity contribution in [3.05, 3.63) is 22.4 Å². The number of nitrogens with one attached hydrogen (secondary N) is 1. The lowest BCUT2D eigenvalue weighted by atomic mass is 10.0. The quantitative estimate of drug-likeness (QED) is 0.869. The smallest absolute Gasteiger partial charge is 0.220 e. The molecule has 19 heavy (non-hydrogen) atoms. The van der Waals surface area contributed by atoms with Gasteiger partial charge < -0.3 is 5.32 Å². The van der Waals surface area contributed by atoms with Gasteiger partial charge in [0.1, 0.15) is 0 Å². The van der Waals surface area contributed by atoms with Gasteiger partial charge in [-0.25, -0.2) is 0 Å². The van der Waals surface area contributed by atoms with Gasteiger partial charge in [-0.05, 0) is 55.1 Å². The van der Waals surface area contributed by atoms with Crippen LogP contribution in [0.4, 0.5) is 0 Å². The van der Waals surface area contributed by atoms with Crippen molar-refractivity contribution in [2.45, 2.75) is 45.1 Å². The Bertz CT molecular complexity index is 378. The Hall–Kier alpha value is -0.870. The van der Waals surface area contributed by atoms with Gasteiger partial charge in [0.15, 0.2) is 0 Å². The molecule has 0 saturated carbocycles. The molecule has 0 aliphatic carbocycles. The number of carbonyl (C=O) groups is 1. The average Bonchev–Trinajstić information content (AvgIpc) is 2.92. The second kappa shape index (κ2) is 7.65. The Morgan fingerprint density at radius 1 is 1.53 bits per heavy atom. The number of hydrogen-bond donors (Lipinski definition) is 1. The lowest BCUT2D eigenvalue weighted by Crippen LogP contribution is -2.42. The first-order chi connectivity index (χ1) is 9.25. The molecule has 1 N–H and O–H groups in total. The van der Waals surface area contributed by atoms with Gasteiger partial charge in [0.25, 0.3) is 0 Å². The third kappa shape index (κ3) is 4.96. The van der Waals surface area contributed by atoms with E-state index in [-0.39, 0.29) is 5.91 Å². The first-order valence-electron chi connectivity index (χ1n) is 7.27. The van der Waals surface area contributed by atoms with E-state index in [1.807, 2.05) is 0 Å². The predicted molar refractivity (Wildman–Crippen MR) is 80.5 cm³/mol. The van der Waals surface area contributed by atoms with Gasteiger partial charge in [0.05, 0.1) is 0 Å². The van der Waals surface area contributed by atoms with Crippen LogP contribution in [0.3, 0.4) is 0 Å². The van der Waals surface area contributed by atoms with E-state index in [1.165, 1.54) is 31.4 Å². The fraction of sp³-hybridized carbons (Fsp3) is 0.667. The topological polar surface area (TPSA) is 32.3 Å². The highest BCUT2D eigenvalue weighted by Gasteiger charge is 2.17. The van der Waals surface area contributed by atoms with E-state index in [0.29, 0.717) is 12.5 Å². The van der Waals surface area contributed by atoms with E-state index >= 15 is 0 Å². The van der Waals surface area contributed by atoms with Crippen LogP contribution in [0.5, 0.6) is 0 Å². The lowest BCUT2D eigenvalue weighted by molar-refractivity contribution is -0.121. The monoisotopic (exact) mass is 280 g/mol. The van der Waals surface area contributed by atoms with Gasteiger partial charge in [-0.15, -0.1) is 0 Å². The maximum Gasteiger partial charge on any atom is 0.220 e. The van der Waals surface area contributed by atoms with Gasteiger partial charge in [-0.3, -0.25) is 9.69 Å². The van der Waals surface area contributed by atoms with Gasteiger partial charge >= 0.3 is 0 Å². The molecule has 1 aliphatic rings. The van der Waals surface area contributed by atoms with Crippen molar-refractivity contribution >= 4 is 17.2 Å². The highest BCUT2D eigenvalue weighted by molar-refractivity contribution is 7.07. The zero-order valence-corrected chi connectivity index (χ0v) is 12.5. The van der Waals surface area contributed by atoms with Gasteiger partial charge in [0, 0.05) is 25.6 Å². The number of amides is 1. The van der Waals surface area contributed by atoms with Crippen LogP contribution in [0.2, 0.25) is 0 Å². The van der Waals surface area contributed by atoms with Crippen LogP contribution in [-0.4, -0.2) is 36.5 Å². The lowest BCUT2D eigenvalue weighted by Gasteiger charge is -2.33. The number of hydrogen-bond acceptors (Lipinski definition) is 3. The third-order valence-corrected chi connectivity index (χ3v) is 4.61. The normalized spacial score (nSPS) is 20.4. The van der Waals surface area contributed by atoms with Crippen LogP contribution in [0.1, 0.15) is 38.2 Å². The van der Waals surface area contributed by atoms with Gasteiger partial charge in [0.2, 0.25) is 5.91 Å². The minimum atomic E-state index is 0.177. The largest absolute Gasteiger partial charge is 0.355 e. The molecular weight excluding hydrogens is 256 g/mol. The molecular formula is C15H24N2OS. The molecule has 0 spiro atoms. The maximum absolute atomic E-state index is 11.7. The molecule has 1 atom stereocenters. The van der Waals surface area contributed by atoms with Crippen molar-refractivity contribution in [3.63, 3.8) is 0 Å². The molecule has 0 bridgehead atoms. The summed E-state index contributed by atoms with van der Waals surface area (Å²) in [6.45, 7) is 5.25. The minimum Gasteiger partial charge on any atom is -0.355 e. The van der Waals surface area contributed by atoms with Crippen molar-refractivity contribution in [1.29, 1.82) is 0 Å². The number of carbonyl (C=O) groups excluding carboxylic acids is 1.